The van der Waals surface area contributed by atoms with E-state index in [9.17, 15) is 9.59 Å². The van der Waals surface area contributed by atoms with Gasteiger partial charge in [-0.1, -0.05) is 0 Å². The molecule has 0 atom stereocenters. The number of amides is 1. The fourth-order valence-corrected chi connectivity index (χ4v) is 3.61. The molecule has 3 N–H and O–H groups in total. The number of nitrogens with one attached hydrogen (secondary N) is 1. The second-order valence-corrected chi connectivity index (χ2v) is 6.73. The predicted octanol–water partition coefficient (Wildman–Crippen LogP) is 2.62. The molecule has 0 aliphatic heterocycles. The smallest absolute Gasteiger partial charge is 0.341 e. The van der Waals surface area contributed by atoms with Crippen molar-refractivity contribution in [2.75, 3.05) is 11.9 Å². The number of nitrogens with two attached hydrogens (primary N) is 1. The number of esters is 1. The molecule has 21 heavy (non-hydrogen) atoms. The third kappa shape index (κ3) is 2.70. The highest BCUT2D eigenvalue weighted by molar-refractivity contribution is 7.15. The van der Waals surface area contributed by atoms with Crippen molar-refractivity contribution in [3.63, 3.8) is 0 Å². The Morgan fingerprint density at radius 1 is 1.48 bits per heavy atom. The van der Waals surface area contributed by atoms with Crippen molar-refractivity contribution in [3.8, 4) is 0 Å². The van der Waals surface area contributed by atoms with Gasteiger partial charge in [-0.05, 0) is 55.9 Å². The van der Waals surface area contributed by atoms with Gasteiger partial charge in [-0.2, -0.15) is 0 Å². The van der Waals surface area contributed by atoms with Crippen LogP contribution in [-0.4, -0.2) is 24.0 Å². The molecular formula is C15H20N2O3S. The Kier molecular flexibility index (Phi) is 3.75. The second-order valence-electron chi connectivity index (χ2n) is 5.85. The van der Waals surface area contributed by atoms with Crippen molar-refractivity contribution >= 4 is 28.2 Å². The molecule has 6 heteroatoms. The van der Waals surface area contributed by atoms with E-state index < -0.39 is 5.54 Å². The molecule has 114 valence electrons. The third-order valence-corrected chi connectivity index (χ3v) is 5.15. The van der Waals surface area contributed by atoms with Crippen LogP contribution in [0.25, 0.3) is 0 Å². The van der Waals surface area contributed by atoms with E-state index in [-0.39, 0.29) is 11.9 Å². The normalized spacial score (nSPS) is 19.7. The molecule has 0 spiro atoms. The zero-order chi connectivity index (χ0) is 15.0. The van der Waals surface area contributed by atoms with Gasteiger partial charge in [-0.25, -0.2) is 4.79 Å². The Morgan fingerprint density at radius 3 is 2.71 bits per heavy atom. The Bertz CT molecular complexity index is 573. The average molecular weight is 308 g/mol. The Balaban J connectivity index is 1.84. The first-order valence-electron chi connectivity index (χ1n) is 7.44. The lowest BCUT2D eigenvalue weighted by molar-refractivity contribution is -0.123. The lowest BCUT2D eigenvalue weighted by Crippen LogP contribution is -2.56. The van der Waals surface area contributed by atoms with Gasteiger partial charge in [0.05, 0.1) is 17.7 Å². The molecular weight excluding hydrogens is 288 g/mol. The maximum atomic E-state index is 12.3. The highest BCUT2D eigenvalue weighted by Gasteiger charge is 2.41. The molecule has 2 fully saturated rings. The summed E-state index contributed by atoms with van der Waals surface area (Å²) in [7, 11) is 0. The van der Waals surface area contributed by atoms with E-state index in [1.54, 1.807) is 6.92 Å². The van der Waals surface area contributed by atoms with Crippen molar-refractivity contribution in [3.05, 3.63) is 16.5 Å². The lowest BCUT2D eigenvalue weighted by Gasteiger charge is -2.36. The number of hydrogen-bond acceptors (Lipinski definition) is 5. The van der Waals surface area contributed by atoms with E-state index in [4.69, 9.17) is 10.5 Å². The Labute approximate surface area is 127 Å². The summed E-state index contributed by atoms with van der Waals surface area (Å²) < 4.78 is 5.14. The zero-order valence-electron chi connectivity index (χ0n) is 12.1. The topological polar surface area (TPSA) is 81.4 Å². The van der Waals surface area contributed by atoms with Gasteiger partial charge in [0, 0.05) is 0 Å². The van der Waals surface area contributed by atoms with Gasteiger partial charge in [0.15, 0.2) is 0 Å². The van der Waals surface area contributed by atoms with Crippen molar-refractivity contribution in [1.82, 2.24) is 0 Å². The highest BCUT2D eigenvalue weighted by Crippen LogP contribution is 2.46. The van der Waals surface area contributed by atoms with Crippen LogP contribution in [0, 0.1) is 0 Å². The first kappa shape index (κ1) is 14.5. The minimum atomic E-state index is -0.768. The van der Waals surface area contributed by atoms with Crippen LogP contribution in [0.5, 0.6) is 0 Å². The van der Waals surface area contributed by atoms with E-state index in [0.29, 0.717) is 35.9 Å². The molecule has 0 bridgehead atoms. The minimum absolute atomic E-state index is 0.191. The van der Waals surface area contributed by atoms with Gasteiger partial charge in [-0.3, -0.25) is 4.79 Å². The number of anilines is 1. The molecule has 0 aromatic carbocycles. The SMILES string of the molecule is CCOC(=O)c1c(C2CC2)csc1NC(=O)C1(N)CCC1. The molecule has 2 aliphatic rings. The summed E-state index contributed by atoms with van der Waals surface area (Å²) in [5, 5.41) is 5.39. The number of thiophene rings is 1. The summed E-state index contributed by atoms with van der Waals surface area (Å²) in [4.78, 5) is 24.5. The maximum absolute atomic E-state index is 12.3. The molecule has 2 aliphatic carbocycles. The lowest BCUT2D eigenvalue weighted by atomic mass is 9.77. The van der Waals surface area contributed by atoms with Gasteiger partial charge in [0.1, 0.15) is 5.00 Å². The Hall–Kier alpha value is -1.40. The standard InChI is InChI=1S/C15H20N2O3S/c1-2-20-13(18)11-10(9-4-5-9)8-21-12(11)17-14(19)15(16)6-3-7-15/h8-9H,2-7,16H2,1H3,(H,17,19). The fourth-order valence-electron chi connectivity index (χ4n) is 2.58. The molecule has 1 amide bonds. The summed E-state index contributed by atoms with van der Waals surface area (Å²) in [6.07, 6.45) is 4.57. The first-order valence-corrected chi connectivity index (χ1v) is 8.32. The molecule has 3 rings (SSSR count). The van der Waals surface area contributed by atoms with Crippen LogP contribution in [0.1, 0.15) is 60.9 Å². The molecule has 0 unspecified atom stereocenters. The van der Waals surface area contributed by atoms with E-state index in [2.05, 4.69) is 5.32 Å². The average Bonchev–Trinajstić information content (AvgIpc) is 3.17. The zero-order valence-corrected chi connectivity index (χ0v) is 12.9. The van der Waals surface area contributed by atoms with Crippen LogP contribution < -0.4 is 11.1 Å². The van der Waals surface area contributed by atoms with Crippen molar-refractivity contribution in [2.45, 2.75) is 50.5 Å². The molecule has 2 saturated carbocycles. The van der Waals surface area contributed by atoms with Crippen molar-refractivity contribution in [1.29, 1.82) is 0 Å². The third-order valence-electron chi connectivity index (χ3n) is 4.24. The summed E-state index contributed by atoms with van der Waals surface area (Å²) >= 11 is 1.39. The summed E-state index contributed by atoms with van der Waals surface area (Å²) in [6, 6.07) is 0. The minimum Gasteiger partial charge on any atom is -0.462 e. The summed E-state index contributed by atoms with van der Waals surface area (Å²) in [6.45, 7) is 2.11. The van der Waals surface area contributed by atoms with Gasteiger partial charge in [0.2, 0.25) is 5.91 Å². The number of ether oxygens (including phenoxy) is 1. The van der Waals surface area contributed by atoms with Gasteiger partial charge >= 0.3 is 5.97 Å². The van der Waals surface area contributed by atoms with E-state index >= 15 is 0 Å². The number of carbonyl (C=O) groups excluding carboxylic acids is 2. The first-order chi connectivity index (χ1) is 10.0. The van der Waals surface area contributed by atoms with Crippen LogP contribution in [-0.2, 0) is 9.53 Å². The number of hydrogen-bond donors (Lipinski definition) is 2. The van der Waals surface area contributed by atoms with Crippen molar-refractivity contribution in [2.24, 2.45) is 5.73 Å². The predicted molar refractivity (Wildman–Crippen MR) is 81.6 cm³/mol. The molecule has 0 saturated heterocycles. The van der Waals surface area contributed by atoms with E-state index in [1.165, 1.54) is 11.3 Å². The van der Waals surface area contributed by atoms with E-state index in [1.807, 2.05) is 5.38 Å². The second kappa shape index (κ2) is 5.42. The van der Waals surface area contributed by atoms with Crippen LogP contribution in [0.4, 0.5) is 5.00 Å². The molecule has 5 nitrogen and oxygen atoms in total. The highest BCUT2D eigenvalue weighted by atomic mass is 32.1. The summed E-state index contributed by atoms with van der Waals surface area (Å²) in [5.41, 5.74) is 6.80. The monoisotopic (exact) mass is 308 g/mol. The van der Waals surface area contributed by atoms with Gasteiger partial charge < -0.3 is 15.8 Å². The van der Waals surface area contributed by atoms with Gasteiger partial charge in [-0.15, -0.1) is 11.3 Å². The number of carbonyl (C=O) groups is 2. The quantitative estimate of drug-likeness (QED) is 0.819. The van der Waals surface area contributed by atoms with Crippen molar-refractivity contribution < 1.29 is 14.3 Å². The number of rotatable bonds is 5. The van der Waals surface area contributed by atoms with E-state index in [0.717, 1.165) is 24.8 Å². The summed E-state index contributed by atoms with van der Waals surface area (Å²) in [5.74, 6) is -0.110. The maximum Gasteiger partial charge on any atom is 0.341 e. The van der Waals surface area contributed by atoms with Crippen LogP contribution >= 0.6 is 11.3 Å². The van der Waals surface area contributed by atoms with Gasteiger partial charge in [0.25, 0.3) is 0 Å². The molecule has 1 aromatic heterocycles. The molecule has 0 radical (unpaired) electrons. The van der Waals surface area contributed by atoms with Crippen LogP contribution in [0.3, 0.4) is 0 Å². The fraction of sp³-hybridized carbons (Fsp3) is 0.600. The molecule has 1 heterocycles. The van der Waals surface area contributed by atoms with Crippen LogP contribution in [0.2, 0.25) is 0 Å². The Morgan fingerprint density at radius 2 is 2.19 bits per heavy atom. The van der Waals surface area contributed by atoms with Crippen LogP contribution in [0.15, 0.2) is 5.38 Å². The largest absolute Gasteiger partial charge is 0.462 e. The molecule has 1 aromatic rings.